The van der Waals surface area contributed by atoms with E-state index in [4.69, 9.17) is 4.42 Å². The molecule has 0 amide bonds. The third kappa shape index (κ3) is 5.91. The monoisotopic (exact) mass is 739 g/mol. The molecule has 0 saturated carbocycles. The molecule has 1 aromatic heterocycles. The topological polar surface area (TPSA) is 16.4 Å². The molecule has 58 heavy (non-hydrogen) atoms. The van der Waals surface area contributed by atoms with Crippen LogP contribution in [0.1, 0.15) is 0 Å². The molecule has 0 radical (unpaired) electrons. The molecule has 0 fully saturated rings. The Morgan fingerprint density at radius 1 is 0.293 bits per heavy atom. The second-order valence-electron chi connectivity index (χ2n) is 14.9. The van der Waals surface area contributed by atoms with E-state index in [0.29, 0.717) is 0 Å². The summed E-state index contributed by atoms with van der Waals surface area (Å²) in [6.07, 6.45) is 0. The number of benzene rings is 10. The molecule has 0 saturated heterocycles. The first-order valence-electron chi connectivity index (χ1n) is 19.8. The van der Waals surface area contributed by atoms with Crippen molar-refractivity contribution in [2.24, 2.45) is 0 Å². The number of fused-ring (bicyclic) bond motifs is 5. The fourth-order valence-electron chi connectivity index (χ4n) is 8.64. The third-order valence-corrected chi connectivity index (χ3v) is 11.5. The normalized spacial score (nSPS) is 11.4. The van der Waals surface area contributed by atoms with Gasteiger partial charge in [-0.25, -0.2) is 0 Å². The van der Waals surface area contributed by atoms with Crippen molar-refractivity contribution in [2.45, 2.75) is 0 Å². The van der Waals surface area contributed by atoms with Crippen LogP contribution in [0.15, 0.2) is 229 Å². The van der Waals surface area contributed by atoms with Crippen molar-refractivity contribution in [1.29, 1.82) is 0 Å². The van der Waals surface area contributed by atoms with Gasteiger partial charge in [-0.15, -0.1) is 0 Å². The molecule has 10 aromatic carbocycles. The van der Waals surface area contributed by atoms with Gasteiger partial charge in [0.2, 0.25) is 0 Å². The van der Waals surface area contributed by atoms with Crippen LogP contribution in [0.2, 0.25) is 0 Å². The smallest absolute Gasteiger partial charge is 0.136 e. The van der Waals surface area contributed by atoms with E-state index >= 15 is 0 Å². The SMILES string of the molecule is c1cc(-c2ccc(-c3ccc4ccccc4c3)cc2)cc(N(c2ccc(-c3cccc4ccccc34)cc2)c2ccccc2-c2cccc3oc4ccccc4c23)c1. The first-order chi connectivity index (χ1) is 28.7. The van der Waals surface area contributed by atoms with Gasteiger partial charge in [-0.3, -0.25) is 0 Å². The van der Waals surface area contributed by atoms with Crippen molar-refractivity contribution in [1.82, 2.24) is 0 Å². The minimum atomic E-state index is 0.883. The summed E-state index contributed by atoms with van der Waals surface area (Å²) in [5.41, 5.74) is 14.4. The number of nitrogens with zero attached hydrogens (tertiary/aromatic N) is 1. The maximum absolute atomic E-state index is 6.38. The van der Waals surface area contributed by atoms with Crippen LogP contribution in [0, 0.1) is 0 Å². The highest BCUT2D eigenvalue weighted by Gasteiger charge is 2.21. The summed E-state index contributed by atoms with van der Waals surface area (Å²) >= 11 is 0. The maximum Gasteiger partial charge on any atom is 0.136 e. The molecule has 0 atom stereocenters. The van der Waals surface area contributed by atoms with Crippen molar-refractivity contribution >= 4 is 60.5 Å². The number of hydrogen-bond acceptors (Lipinski definition) is 2. The van der Waals surface area contributed by atoms with Crippen LogP contribution in [-0.2, 0) is 0 Å². The quantitative estimate of drug-likeness (QED) is 0.162. The van der Waals surface area contributed by atoms with Gasteiger partial charge < -0.3 is 9.32 Å². The zero-order valence-electron chi connectivity index (χ0n) is 31.7. The molecule has 0 bridgehead atoms. The molecule has 2 heteroatoms. The van der Waals surface area contributed by atoms with Crippen LogP contribution in [0.25, 0.3) is 88.0 Å². The number of para-hydroxylation sites is 2. The molecule has 0 aliphatic rings. The highest BCUT2D eigenvalue weighted by Crippen LogP contribution is 2.45. The van der Waals surface area contributed by atoms with Crippen molar-refractivity contribution in [3.63, 3.8) is 0 Å². The van der Waals surface area contributed by atoms with Crippen LogP contribution in [-0.4, -0.2) is 0 Å². The van der Waals surface area contributed by atoms with E-state index in [1.54, 1.807) is 0 Å². The lowest BCUT2D eigenvalue weighted by molar-refractivity contribution is 0.669. The second-order valence-corrected chi connectivity index (χ2v) is 14.9. The van der Waals surface area contributed by atoms with Gasteiger partial charge in [-0.1, -0.05) is 176 Å². The van der Waals surface area contributed by atoms with E-state index in [1.807, 2.05) is 6.07 Å². The minimum absolute atomic E-state index is 0.883. The summed E-state index contributed by atoms with van der Waals surface area (Å²) in [4.78, 5) is 2.40. The van der Waals surface area contributed by atoms with Crippen LogP contribution in [0.4, 0.5) is 17.1 Å². The van der Waals surface area contributed by atoms with E-state index in [2.05, 4.69) is 223 Å². The second kappa shape index (κ2) is 14.1. The Balaban J connectivity index is 1.04. The number of hydrogen-bond donors (Lipinski definition) is 0. The van der Waals surface area contributed by atoms with E-state index < -0.39 is 0 Å². The molecular weight excluding hydrogens is 703 g/mol. The van der Waals surface area contributed by atoms with Gasteiger partial charge in [0.05, 0.1) is 5.69 Å². The van der Waals surface area contributed by atoms with Crippen molar-refractivity contribution in [2.75, 3.05) is 4.90 Å². The zero-order valence-corrected chi connectivity index (χ0v) is 31.7. The zero-order chi connectivity index (χ0) is 38.4. The molecule has 0 unspecified atom stereocenters. The van der Waals surface area contributed by atoms with Crippen molar-refractivity contribution < 1.29 is 4.42 Å². The van der Waals surface area contributed by atoms with Crippen LogP contribution >= 0.6 is 0 Å². The first kappa shape index (κ1) is 33.6. The number of furan rings is 1. The van der Waals surface area contributed by atoms with E-state index in [1.165, 1.54) is 49.4 Å². The average Bonchev–Trinajstić information content (AvgIpc) is 3.69. The lowest BCUT2D eigenvalue weighted by Crippen LogP contribution is -2.11. The predicted molar refractivity (Wildman–Crippen MR) is 245 cm³/mol. The van der Waals surface area contributed by atoms with E-state index in [9.17, 15) is 0 Å². The van der Waals surface area contributed by atoms with Gasteiger partial charge >= 0.3 is 0 Å². The Labute approximate surface area is 337 Å². The Kier molecular flexibility index (Phi) is 8.19. The molecule has 0 aliphatic carbocycles. The molecular formula is C56H37NO. The minimum Gasteiger partial charge on any atom is -0.456 e. The van der Waals surface area contributed by atoms with Crippen molar-refractivity contribution in [3.8, 4) is 44.5 Å². The van der Waals surface area contributed by atoms with Crippen molar-refractivity contribution in [3.05, 3.63) is 224 Å². The highest BCUT2D eigenvalue weighted by molar-refractivity contribution is 6.14. The Bertz CT molecular complexity index is 3280. The Hall–Kier alpha value is -7.68. The highest BCUT2D eigenvalue weighted by atomic mass is 16.3. The summed E-state index contributed by atoms with van der Waals surface area (Å²) in [7, 11) is 0. The molecule has 11 rings (SSSR count). The molecule has 272 valence electrons. The number of rotatable bonds is 7. The standard InChI is InChI=1S/C56H37NO/c1-2-14-43-36-45(31-30-38(43)12-1)40-28-26-39(27-29-40)44-16-9-17-47(37-44)57(46-34-32-42(33-35-46)49-21-10-15-41-13-3-4-18-48(41)49)53-23-7-5-19-50(53)51-22-11-25-55-56(51)52-20-6-8-24-54(52)58-55/h1-37H. The summed E-state index contributed by atoms with van der Waals surface area (Å²) in [5.74, 6) is 0. The third-order valence-electron chi connectivity index (χ3n) is 11.5. The summed E-state index contributed by atoms with van der Waals surface area (Å²) < 4.78 is 6.38. The van der Waals surface area contributed by atoms with Gasteiger partial charge in [-0.2, -0.15) is 0 Å². The maximum atomic E-state index is 6.38. The Morgan fingerprint density at radius 3 is 1.71 bits per heavy atom. The van der Waals surface area contributed by atoms with Gasteiger partial charge in [0.15, 0.2) is 0 Å². The van der Waals surface area contributed by atoms with Gasteiger partial charge in [-0.05, 0) is 109 Å². The first-order valence-corrected chi connectivity index (χ1v) is 19.8. The van der Waals surface area contributed by atoms with Gasteiger partial charge in [0.1, 0.15) is 11.2 Å². The molecule has 0 spiro atoms. The summed E-state index contributed by atoms with van der Waals surface area (Å²) in [6.45, 7) is 0. The van der Waals surface area contributed by atoms with Gasteiger partial charge in [0.25, 0.3) is 0 Å². The predicted octanol–water partition coefficient (Wildman–Crippen LogP) is 16.0. The Morgan fingerprint density at radius 2 is 0.862 bits per heavy atom. The fourth-order valence-corrected chi connectivity index (χ4v) is 8.64. The molecule has 11 aromatic rings. The molecule has 1 heterocycles. The summed E-state index contributed by atoms with van der Waals surface area (Å²) in [6, 6.07) is 80.7. The van der Waals surface area contributed by atoms with Crippen LogP contribution < -0.4 is 4.90 Å². The molecule has 2 nitrogen and oxygen atoms in total. The molecule has 0 aliphatic heterocycles. The number of anilines is 3. The van der Waals surface area contributed by atoms with E-state index in [-0.39, 0.29) is 0 Å². The largest absolute Gasteiger partial charge is 0.456 e. The lowest BCUT2D eigenvalue weighted by atomic mass is 9.95. The van der Waals surface area contributed by atoms with Gasteiger partial charge in [0, 0.05) is 27.7 Å². The van der Waals surface area contributed by atoms with Crippen LogP contribution in [0.3, 0.4) is 0 Å². The molecule has 0 N–H and O–H groups in total. The van der Waals surface area contributed by atoms with E-state index in [0.717, 1.165) is 55.7 Å². The average molecular weight is 740 g/mol. The lowest BCUT2D eigenvalue weighted by Gasteiger charge is -2.28. The van der Waals surface area contributed by atoms with Crippen LogP contribution in [0.5, 0.6) is 0 Å². The fraction of sp³-hybridized carbons (Fsp3) is 0. The summed E-state index contributed by atoms with van der Waals surface area (Å²) in [5, 5.41) is 7.23.